The molecule has 0 spiro atoms. The molecule has 0 saturated heterocycles. The molecule has 1 N–H and O–H groups in total. The summed E-state index contributed by atoms with van der Waals surface area (Å²) in [5.41, 5.74) is 0.559. The number of aryl methyl sites for hydroxylation is 1. The van der Waals surface area contributed by atoms with Gasteiger partial charge in [-0.05, 0) is 19.8 Å². The van der Waals surface area contributed by atoms with Crippen molar-refractivity contribution in [3.05, 3.63) is 11.9 Å². The molecule has 1 heterocycles. The topological polar surface area (TPSA) is 66.1 Å². The van der Waals surface area contributed by atoms with Gasteiger partial charge in [0.1, 0.15) is 4.90 Å². The molecule has 5 nitrogen and oxygen atoms in total. The first-order valence-electron chi connectivity index (χ1n) is 6.06. The Morgan fingerprint density at radius 3 is 2.67 bits per heavy atom. The standard InChI is InChI=1S/C11H18ClN3O2S/c1-8-11(7-13-14-8)18(16,17)15(2)10-6-4-3-5-9(10)12/h7,9-10H,3-6H2,1-2H3,(H,13,14). The Labute approximate surface area is 113 Å². The van der Waals surface area contributed by atoms with E-state index in [2.05, 4.69) is 10.2 Å². The van der Waals surface area contributed by atoms with Crippen molar-refractivity contribution in [2.45, 2.75) is 48.9 Å². The van der Waals surface area contributed by atoms with E-state index in [0.29, 0.717) is 5.69 Å². The molecule has 1 aliphatic rings. The maximum absolute atomic E-state index is 12.5. The van der Waals surface area contributed by atoms with Gasteiger partial charge in [0, 0.05) is 13.1 Å². The van der Waals surface area contributed by atoms with Crippen molar-refractivity contribution < 1.29 is 8.42 Å². The first-order valence-corrected chi connectivity index (χ1v) is 7.94. The van der Waals surface area contributed by atoms with Crippen molar-refractivity contribution >= 4 is 21.6 Å². The molecule has 1 aliphatic carbocycles. The fourth-order valence-electron chi connectivity index (χ4n) is 2.41. The van der Waals surface area contributed by atoms with Crippen LogP contribution in [0.1, 0.15) is 31.4 Å². The molecule has 102 valence electrons. The lowest BCUT2D eigenvalue weighted by Gasteiger charge is -2.33. The first kappa shape index (κ1) is 13.8. The number of H-pyrrole nitrogens is 1. The number of halogens is 1. The Hall–Kier alpha value is -0.590. The number of alkyl halides is 1. The smallest absolute Gasteiger partial charge is 0.246 e. The van der Waals surface area contributed by atoms with Crippen LogP contribution in [-0.4, -0.2) is 41.4 Å². The molecule has 7 heteroatoms. The van der Waals surface area contributed by atoms with Crippen LogP contribution in [-0.2, 0) is 10.0 Å². The molecule has 1 fully saturated rings. The van der Waals surface area contributed by atoms with E-state index >= 15 is 0 Å². The number of nitrogens with zero attached hydrogens (tertiary/aromatic N) is 2. The number of aromatic amines is 1. The van der Waals surface area contributed by atoms with Gasteiger partial charge in [-0.15, -0.1) is 11.6 Å². The van der Waals surface area contributed by atoms with Crippen LogP contribution in [0.3, 0.4) is 0 Å². The van der Waals surface area contributed by atoms with Gasteiger partial charge < -0.3 is 0 Å². The normalized spacial score (nSPS) is 25.6. The molecule has 1 saturated carbocycles. The lowest BCUT2D eigenvalue weighted by molar-refractivity contribution is 0.291. The Bertz CT molecular complexity index is 514. The average Bonchev–Trinajstić information content (AvgIpc) is 2.76. The number of sulfonamides is 1. The lowest BCUT2D eigenvalue weighted by Crippen LogP contribution is -2.44. The zero-order chi connectivity index (χ0) is 13.3. The second kappa shape index (κ2) is 5.19. The SMILES string of the molecule is Cc1[nH]ncc1S(=O)(=O)N(C)C1CCCCC1Cl. The zero-order valence-electron chi connectivity index (χ0n) is 10.6. The fraction of sp³-hybridized carbons (Fsp3) is 0.727. The molecule has 1 aromatic rings. The maximum atomic E-state index is 12.5. The van der Waals surface area contributed by atoms with E-state index in [9.17, 15) is 8.42 Å². The molecule has 0 amide bonds. The summed E-state index contributed by atoms with van der Waals surface area (Å²) in [5.74, 6) is 0. The van der Waals surface area contributed by atoms with E-state index in [1.165, 1.54) is 10.5 Å². The molecule has 0 bridgehead atoms. The van der Waals surface area contributed by atoms with E-state index in [-0.39, 0.29) is 16.3 Å². The number of hydrogen-bond donors (Lipinski definition) is 1. The fourth-order valence-corrected chi connectivity index (χ4v) is 4.46. The number of aromatic nitrogens is 2. The summed E-state index contributed by atoms with van der Waals surface area (Å²) in [4.78, 5) is 0.236. The highest BCUT2D eigenvalue weighted by molar-refractivity contribution is 7.89. The summed E-state index contributed by atoms with van der Waals surface area (Å²) >= 11 is 6.26. The van der Waals surface area contributed by atoms with Gasteiger partial charge in [0.25, 0.3) is 0 Å². The molecule has 2 unspecified atom stereocenters. The largest absolute Gasteiger partial charge is 0.281 e. The second-order valence-electron chi connectivity index (χ2n) is 4.75. The van der Waals surface area contributed by atoms with E-state index in [4.69, 9.17) is 11.6 Å². The van der Waals surface area contributed by atoms with Crippen LogP contribution < -0.4 is 0 Å². The number of rotatable bonds is 3. The molecule has 2 atom stereocenters. The molecule has 2 rings (SSSR count). The van der Waals surface area contributed by atoms with Crippen molar-refractivity contribution in [1.82, 2.24) is 14.5 Å². The minimum Gasteiger partial charge on any atom is -0.281 e. The first-order chi connectivity index (χ1) is 8.44. The summed E-state index contributed by atoms with van der Waals surface area (Å²) in [6.07, 6.45) is 5.14. The second-order valence-corrected chi connectivity index (χ2v) is 7.27. The van der Waals surface area contributed by atoms with Gasteiger partial charge >= 0.3 is 0 Å². The van der Waals surface area contributed by atoms with Crippen LogP contribution in [0.25, 0.3) is 0 Å². The monoisotopic (exact) mass is 291 g/mol. The molecule has 1 aromatic heterocycles. The van der Waals surface area contributed by atoms with Crippen LogP contribution >= 0.6 is 11.6 Å². The van der Waals surface area contributed by atoms with Crippen LogP contribution in [0.4, 0.5) is 0 Å². The lowest BCUT2D eigenvalue weighted by atomic mass is 9.95. The van der Waals surface area contributed by atoms with Gasteiger partial charge in [0.2, 0.25) is 10.0 Å². The third kappa shape index (κ3) is 2.41. The third-order valence-electron chi connectivity index (χ3n) is 3.56. The molecule has 18 heavy (non-hydrogen) atoms. The molecule has 0 radical (unpaired) electrons. The molecule has 0 aliphatic heterocycles. The average molecular weight is 292 g/mol. The minimum absolute atomic E-state index is 0.106. The summed E-state index contributed by atoms with van der Waals surface area (Å²) < 4.78 is 26.3. The summed E-state index contributed by atoms with van der Waals surface area (Å²) in [6, 6.07) is -0.125. The highest BCUT2D eigenvalue weighted by Gasteiger charge is 2.35. The Kier molecular flexibility index (Phi) is 3.99. The summed E-state index contributed by atoms with van der Waals surface area (Å²) in [6.45, 7) is 1.70. The van der Waals surface area contributed by atoms with Crippen LogP contribution in [0.15, 0.2) is 11.1 Å². The Morgan fingerprint density at radius 1 is 1.44 bits per heavy atom. The molecule has 0 aromatic carbocycles. The quantitative estimate of drug-likeness (QED) is 0.865. The van der Waals surface area contributed by atoms with E-state index in [1.807, 2.05) is 0 Å². The van der Waals surface area contributed by atoms with Gasteiger partial charge in [0.05, 0.1) is 17.3 Å². The molecular formula is C11H18ClN3O2S. The third-order valence-corrected chi connectivity index (χ3v) is 6.06. The van der Waals surface area contributed by atoms with Gasteiger partial charge in [-0.3, -0.25) is 5.10 Å². The highest BCUT2D eigenvalue weighted by atomic mass is 35.5. The predicted molar refractivity (Wildman–Crippen MR) is 70.2 cm³/mol. The predicted octanol–water partition coefficient (Wildman–Crippen LogP) is 1.89. The Balaban J connectivity index is 2.27. The summed E-state index contributed by atoms with van der Waals surface area (Å²) in [5, 5.41) is 6.32. The molecular weight excluding hydrogens is 274 g/mol. The number of hydrogen-bond acceptors (Lipinski definition) is 3. The summed E-state index contributed by atoms with van der Waals surface area (Å²) in [7, 11) is -1.90. The van der Waals surface area contributed by atoms with Gasteiger partial charge in [-0.1, -0.05) is 12.8 Å². The van der Waals surface area contributed by atoms with Crippen molar-refractivity contribution in [1.29, 1.82) is 0 Å². The highest BCUT2D eigenvalue weighted by Crippen LogP contribution is 2.30. The minimum atomic E-state index is -3.50. The van der Waals surface area contributed by atoms with Crippen molar-refractivity contribution in [2.24, 2.45) is 0 Å². The maximum Gasteiger partial charge on any atom is 0.246 e. The van der Waals surface area contributed by atoms with Crippen LogP contribution in [0.5, 0.6) is 0 Å². The van der Waals surface area contributed by atoms with E-state index < -0.39 is 10.0 Å². The van der Waals surface area contributed by atoms with Gasteiger partial charge in [-0.25, -0.2) is 8.42 Å². The van der Waals surface area contributed by atoms with Crippen LogP contribution in [0, 0.1) is 6.92 Å². The Morgan fingerprint density at radius 2 is 2.11 bits per heavy atom. The van der Waals surface area contributed by atoms with Gasteiger partial charge in [-0.2, -0.15) is 9.40 Å². The number of nitrogens with one attached hydrogen (secondary N) is 1. The van der Waals surface area contributed by atoms with Crippen molar-refractivity contribution in [3.63, 3.8) is 0 Å². The van der Waals surface area contributed by atoms with Crippen molar-refractivity contribution in [2.75, 3.05) is 7.05 Å². The van der Waals surface area contributed by atoms with Crippen LogP contribution in [0.2, 0.25) is 0 Å². The zero-order valence-corrected chi connectivity index (χ0v) is 12.1. The van der Waals surface area contributed by atoms with E-state index in [1.54, 1.807) is 14.0 Å². The van der Waals surface area contributed by atoms with E-state index in [0.717, 1.165) is 25.7 Å². The van der Waals surface area contributed by atoms with Gasteiger partial charge in [0.15, 0.2) is 0 Å². The van der Waals surface area contributed by atoms with Crippen molar-refractivity contribution in [3.8, 4) is 0 Å².